The standard InChI is InChI=1S/C13H24O4/c1-9(2)13(6,7)17-10(14)8-16-11(15)12(3,4)5/h9H,8H2,1-7H3. The molecule has 0 spiro atoms. The second kappa shape index (κ2) is 5.52. The highest BCUT2D eigenvalue weighted by molar-refractivity contribution is 5.79. The Morgan fingerprint density at radius 1 is 1.06 bits per heavy atom. The van der Waals surface area contributed by atoms with E-state index in [2.05, 4.69) is 0 Å². The molecule has 0 unspecified atom stereocenters. The molecule has 0 bridgehead atoms. The van der Waals surface area contributed by atoms with Gasteiger partial charge in [-0.3, -0.25) is 4.79 Å². The van der Waals surface area contributed by atoms with E-state index in [1.54, 1.807) is 20.8 Å². The lowest BCUT2D eigenvalue weighted by atomic mass is 9.95. The Morgan fingerprint density at radius 2 is 1.53 bits per heavy atom. The smallest absolute Gasteiger partial charge is 0.344 e. The van der Waals surface area contributed by atoms with Crippen molar-refractivity contribution in [1.82, 2.24) is 0 Å². The zero-order chi connectivity index (χ0) is 13.9. The minimum Gasteiger partial charge on any atom is -0.457 e. The van der Waals surface area contributed by atoms with E-state index in [9.17, 15) is 9.59 Å². The molecule has 0 fully saturated rings. The van der Waals surface area contributed by atoms with Crippen molar-refractivity contribution in [2.75, 3.05) is 6.61 Å². The molecule has 4 nitrogen and oxygen atoms in total. The molecule has 17 heavy (non-hydrogen) atoms. The SMILES string of the molecule is CC(C)C(C)(C)OC(=O)COC(=O)C(C)(C)C. The van der Waals surface area contributed by atoms with Crippen LogP contribution in [-0.2, 0) is 19.1 Å². The largest absolute Gasteiger partial charge is 0.457 e. The van der Waals surface area contributed by atoms with E-state index in [0.29, 0.717) is 0 Å². The minimum absolute atomic E-state index is 0.199. The van der Waals surface area contributed by atoms with Crippen molar-refractivity contribution in [2.24, 2.45) is 11.3 Å². The van der Waals surface area contributed by atoms with E-state index in [1.807, 2.05) is 27.7 Å². The van der Waals surface area contributed by atoms with E-state index in [4.69, 9.17) is 9.47 Å². The molecule has 0 aromatic carbocycles. The Kier molecular flexibility index (Phi) is 5.17. The van der Waals surface area contributed by atoms with Crippen molar-refractivity contribution in [3.63, 3.8) is 0 Å². The van der Waals surface area contributed by atoms with Crippen LogP contribution in [0, 0.1) is 11.3 Å². The number of hydrogen-bond acceptors (Lipinski definition) is 4. The topological polar surface area (TPSA) is 52.6 Å². The fourth-order valence-corrected chi connectivity index (χ4v) is 0.782. The van der Waals surface area contributed by atoms with Crippen LogP contribution in [0.25, 0.3) is 0 Å². The predicted molar refractivity (Wildman–Crippen MR) is 65.4 cm³/mol. The predicted octanol–water partition coefficient (Wildman–Crippen LogP) is 2.55. The van der Waals surface area contributed by atoms with Crippen LogP contribution in [0.5, 0.6) is 0 Å². The zero-order valence-corrected chi connectivity index (χ0v) is 11.9. The third kappa shape index (κ3) is 5.71. The molecule has 4 heteroatoms. The second-order valence-corrected chi connectivity index (χ2v) is 6.06. The lowest BCUT2D eigenvalue weighted by molar-refractivity contribution is -0.173. The van der Waals surface area contributed by atoms with Crippen LogP contribution in [0.1, 0.15) is 48.5 Å². The van der Waals surface area contributed by atoms with Crippen molar-refractivity contribution >= 4 is 11.9 Å². The van der Waals surface area contributed by atoms with Crippen LogP contribution in [0.15, 0.2) is 0 Å². The number of hydrogen-bond donors (Lipinski definition) is 0. The Hall–Kier alpha value is -1.06. The van der Waals surface area contributed by atoms with Crippen molar-refractivity contribution in [1.29, 1.82) is 0 Å². The Balaban J connectivity index is 4.18. The van der Waals surface area contributed by atoms with Crippen LogP contribution in [-0.4, -0.2) is 24.1 Å². The third-order valence-corrected chi connectivity index (χ3v) is 2.70. The molecule has 0 heterocycles. The van der Waals surface area contributed by atoms with Gasteiger partial charge in [-0.2, -0.15) is 0 Å². The van der Waals surface area contributed by atoms with Crippen molar-refractivity contribution in [3.8, 4) is 0 Å². The Morgan fingerprint density at radius 3 is 1.88 bits per heavy atom. The summed E-state index contributed by atoms with van der Waals surface area (Å²) >= 11 is 0. The average molecular weight is 244 g/mol. The third-order valence-electron chi connectivity index (χ3n) is 2.70. The monoisotopic (exact) mass is 244 g/mol. The molecular weight excluding hydrogens is 220 g/mol. The number of carbonyl (C=O) groups is 2. The molecule has 0 radical (unpaired) electrons. The summed E-state index contributed by atoms with van der Waals surface area (Å²) in [5.41, 5.74) is -1.15. The van der Waals surface area contributed by atoms with Gasteiger partial charge >= 0.3 is 11.9 Å². The lowest BCUT2D eigenvalue weighted by Gasteiger charge is -2.29. The molecule has 0 amide bonds. The van der Waals surface area contributed by atoms with Gasteiger partial charge < -0.3 is 9.47 Å². The summed E-state index contributed by atoms with van der Waals surface area (Å²) in [4.78, 5) is 22.9. The maximum absolute atomic E-state index is 11.5. The van der Waals surface area contributed by atoms with Crippen LogP contribution >= 0.6 is 0 Å². The fourth-order valence-electron chi connectivity index (χ4n) is 0.782. The molecule has 0 rings (SSSR count). The number of ether oxygens (including phenoxy) is 2. The lowest BCUT2D eigenvalue weighted by Crippen LogP contribution is -2.36. The summed E-state index contributed by atoms with van der Waals surface area (Å²) in [7, 11) is 0. The Labute approximate surface area is 104 Å². The molecule has 0 aliphatic carbocycles. The molecule has 0 aromatic heterocycles. The maximum Gasteiger partial charge on any atom is 0.344 e. The van der Waals surface area contributed by atoms with Gasteiger partial charge in [-0.15, -0.1) is 0 Å². The van der Waals surface area contributed by atoms with Gasteiger partial charge in [-0.25, -0.2) is 4.79 Å². The normalized spacial score (nSPS) is 12.5. The molecule has 100 valence electrons. The van der Waals surface area contributed by atoms with E-state index in [1.165, 1.54) is 0 Å². The molecule has 0 saturated heterocycles. The van der Waals surface area contributed by atoms with Gasteiger partial charge in [-0.05, 0) is 40.5 Å². The van der Waals surface area contributed by atoms with Crippen molar-refractivity contribution in [2.45, 2.75) is 54.1 Å². The molecule has 0 atom stereocenters. The second-order valence-electron chi connectivity index (χ2n) is 6.06. The fraction of sp³-hybridized carbons (Fsp3) is 0.846. The molecule has 0 aliphatic rings. The van der Waals surface area contributed by atoms with E-state index >= 15 is 0 Å². The van der Waals surface area contributed by atoms with Gasteiger partial charge in [-0.1, -0.05) is 13.8 Å². The average Bonchev–Trinajstić information content (AvgIpc) is 2.11. The summed E-state index contributed by atoms with van der Waals surface area (Å²) in [5.74, 6) is -0.720. The van der Waals surface area contributed by atoms with Gasteiger partial charge in [0.05, 0.1) is 5.41 Å². The van der Waals surface area contributed by atoms with Gasteiger partial charge in [0.15, 0.2) is 6.61 Å². The number of carbonyl (C=O) groups excluding carboxylic acids is 2. The molecule has 0 aliphatic heterocycles. The van der Waals surface area contributed by atoms with E-state index in [-0.39, 0.29) is 12.5 Å². The summed E-state index contributed by atoms with van der Waals surface area (Å²) in [6.45, 7) is 12.5. The van der Waals surface area contributed by atoms with Gasteiger partial charge in [0.25, 0.3) is 0 Å². The molecular formula is C13H24O4. The summed E-state index contributed by atoms with van der Waals surface area (Å²) in [6, 6.07) is 0. The molecule has 0 saturated carbocycles. The van der Waals surface area contributed by atoms with Crippen LogP contribution in [0.4, 0.5) is 0 Å². The Bertz CT molecular complexity index is 284. The first-order valence-electron chi connectivity index (χ1n) is 5.86. The summed E-state index contributed by atoms with van der Waals surface area (Å²) in [6.07, 6.45) is 0. The molecule has 0 aromatic rings. The van der Waals surface area contributed by atoms with E-state index in [0.717, 1.165) is 0 Å². The minimum atomic E-state index is -0.603. The highest BCUT2D eigenvalue weighted by Gasteiger charge is 2.28. The number of rotatable bonds is 4. The highest BCUT2D eigenvalue weighted by atomic mass is 16.6. The van der Waals surface area contributed by atoms with Crippen LogP contribution in [0.2, 0.25) is 0 Å². The van der Waals surface area contributed by atoms with Crippen LogP contribution < -0.4 is 0 Å². The first-order chi connectivity index (χ1) is 7.47. The van der Waals surface area contributed by atoms with Gasteiger partial charge in [0.2, 0.25) is 0 Å². The number of esters is 2. The van der Waals surface area contributed by atoms with Crippen molar-refractivity contribution < 1.29 is 19.1 Å². The van der Waals surface area contributed by atoms with Gasteiger partial charge in [0.1, 0.15) is 5.60 Å². The zero-order valence-electron chi connectivity index (χ0n) is 11.9. The first-order valence-corrected chi connectivity index (χ1v) is 5.86. The highest BCUT2D eigenvalue weighted by Crippen LogP contribution is 2.21. The molecule has 0 N–H and O–H groups in total. The first kappa shape index (κ1) is 15.9. The van der Waals surface area contributed by atoms with E-state index < -0.39 is 23.0 Å². The van der Waals surface area contributed by atoms with Gasteiger partial charge in [0, 0.05) is 0 Å². The van der Waals surface area contributed by atoms with Crippen molar-refractivity contribution in [3.05, 3.63) is 0 Å². The summed E-state index contributed by atoms with van der Waals surface area (Å²) < 4.78 is 10.1. The van der Waals surface area contributed by atoms with Crippen LogP contribution in [0.3, 0.4) is 0 Å². The maximum atomic E-state index is 11.5. The quantitative estimate of drug-likeness (QED) is 0.713. The summed E-state index contributed by atoms with van der Waals surface area (Å²) in [5, 5.41) is 0.